The molecule has 1 aliphatic rings. The van der Waals surface area contributed by atoms with Crippen LogP contribution in [0.5, 0.6) is 0 Å². The number of thioether (sulfide) groups is 1. The van der Waals surface area contributed by atoms with Crippen molar-refractivity contribution in [2.24, 2.45) is 0 Å². The third kappa shape index (κ3) is 5.21. The zero-order valence-electron chi connectivity index (χ0n) is 12.7. The second kappa shape index (κ2) is 8.12. The number of rotatable bonds is 7. The van der Waals surface area contributed by atoms with Crippen molar-refractivity contribution >= 4 is 43.8 Å². The van der Waals surface area contributed by atoms with Crippen molar-refractivity contribution in [3.8, 4) is 0 Å². The fraction of sp³-hybridized carbons (Fsp3) is 0.286. The van der Waals surface area contributed by atoms with E-state index in [0.29, 0.717) is 12.2 Å². The van der Waals surface area contributed by atoms with E-state index < -0.39 is 32.0 Å². The minimum absolute atomic E-state index is 0.00898. The average Bonchev–Trinajstić information content (AvgIpc) is 2.77. The molecule has 1 aliphatic heterocycles. The van der Waals surface area contributed by atoms with Gasteiger partial charge in [-0.15, -0.1) is 0 Å². The van der Waals surface area contributed by atoms with Gasteiger partial charge in [-0.05, 0) is 0 Å². The Kier molecular flexibility index (Phi) is 6.16. The molecular formula is C14H15O8PS. The summed E-state index contributed by atoms with van der Waals surface area (Å²) in [5.74, 6) is -3.72. The summed E-state index contributed by atoms with van der Waals surface area (Å²) in [6.45, 7) is 1.01. The first-order chi connectivity index (χ1) is 11.4. The maximum atomic E-state index is 11.8. The first kappa shape index (κ1) is 18.2. The molecule has 0 atom stereocenters. The number of carbonyl (C=O) groups is 4. The van der Waals surface area contributed by atoms with Gasteiger partial charge in [-0.1, -0.05) is 0 Å². The third-order valence-electron chi connectivity index (χ3n) is 2.65. The summed E-state index contributed by atoms with van der Waals surface area (Å²) in [6.07, 6.45) is 0.468. The Hall–Kier alpha value is -2.12. The van der Waals surface area contributed by atoms with E-state index in [4.69, 9.17) is 4.52 Å². The molecule has 0 saturated carbocycles. The van der Waals surface area contributed by atoms with Gasteiger partial charge in [0.1, 0.15) is 0 Å². The zero-order valence-corrected chi connectivity index (χ0v) is 14.5. The van der Waals surface area contributed by atoms with Crippen molar-refractivity contribution < 1.29 is 37.3 Å². The second-order valence-electron chi connectivity index (χ2n) is 4.61. The van der Waals surface area contributed by atoms with Gasteiger partial charge in [0.05, 0.1) is 0 Å². The second-order valence-corrected chi connectivity index (χ2v) is 7.60. The van der Waals surface area contributed by atoms with Gasteiger partial charge in [0.15, 0.2) is 0 Å². The van der Waals surface area contributed by atoms with E-state index in [1.54, 1.807) is 11.8 Å². The number of hydrogen-bond donors (Lipinski definition) is 0. The molecule has 0 spiro atoms. The molecular weight excluding hydrogens is 359 g/mol. The number of hydrogen-bond acceptors (Lipinski definition) is 9. The van der Waals surface area contributed by atoms with Crippen LogP contribution in [0.1, 0.15) is 19.8 Å². The number of benzene rings is 1. The van der Waals surface area contributed by atoms with E-state index in [1.165, 1.54) is 0 Å². The molecule has 10 heteroatoms. The molecule has 1 fully saturated rings. The van der Waals surface area contributed by atoms with Crippen LogP contribution in [-0.2, 0) is 37.3 Å². The molecule has 0 aliphatic carbocycles. The Balaban J connectivity index is 1.81. The number of carbonyl (C=O) groups excluding carboxylic acids is 4. The fourth-order valence-corrected chi connectivity index (χ4v) is 4.20. The van der Waals surface area contributed by atoms with Crippen molar-refractivity contribution in [2.75, 3.05) is 5.75 Å². The standard InChI is InChI=1S/C14H15O8PS/c1-10(15)19-23(21-13(17)14(18)22-23)20-12(16)8-5-9-24-11-6-3-2-4-7-11/h2-4,6-7,23H,5,8-9H2,1H3. The molecule has 0 radical (unpaired) electrons. The Morgan fingerprint density at radius 2 is 1.71 bits per heavy atom. The first-order valence-electron chi connectivity index (χ1n) is 6.96. The normalized spacial score (nSPS) is 16.7. The molecule has 0 amide bonds. The van der Waals surface area contributed by atoms with Crippen molar-refractivity contribution in [1.82, 2.24) is 0 Å². The van der Waals surface area contributed by atoms with Crippen molar-refractivity contribution in [3.05, 3.63) is 30.3 Å². The molecule has 8 nitrogen and oxygen atoms in total. The van der Waals surface area contributed by atoms with Crippen molar-refractivity contribution in [3.63, 3.8) is 0 Å². The van der Waals surface area contributed by atoms with Gasteiger partial charge in [-0.2, -0.15) is 0 Å². The van der Waals surface area contributed by atoms with Crippen LogP contribution in [-0.4, -0.2) is 29.6 Å². The van der Waals surface area contributed by atoms with E-state index in [1.807, 2.05) is 30.3 Å². The van der Waals surface area contributed by atoms with Gasteiger partial charge >= 0.3 is 142 Å². The molecule has 0 bridgehead atoms. The van der Waals surface area contributed by atoms with Gasteiger partial charge in [0.25, 0.3) is 0 Å². The average molecular weight is 374 g/mol. The van der Waals surface area contributed by atoms with E-state index in [9.17, 15) is 19.2 Å². The van der Waals surface area contributed by atoms with Crippen LogP contribution in [0, 0.1) is 0 Å². The van der Waals surface area contributed by atoms with Crippen LogP contribution in [0.2, 0.25) is 0 Å². The molecule has 130 valence electrons. The Labute approximate surface area is 142 Å². The summed E-state index contributed by atoms with van der Waals surface area (Å²) < 4.78 is 18.6. The summed E-state index contributed by atoms with van der Waals surface area (Å²) in [5, 5.41) is 0. The molecule has 0 aromatic heterocycles. The van der Waals surface area contributed by atoms with Gasteiger partial charge in [0, 0.05) is 0 Å². The topological polar surface area (TPSA) is 105 Å². The summed E-state index contributed by atoms with van der Waals surface area (Å²) in [7, 11) is -4.41. The Morgan fingerprint density at radius 1 is 1.08 bits per heavy atom. The van der Waals surface area contributed by atoms with E-state index in [2.05, 4.69) is 13.6 Å². The summed E-state index contributed by atoms with van der Waals surface area (Å²) >= 11 is 1.56. The minimum atomic E-state index is -4.41. The van der Waals surface area contributed by atoms with Crippen LogP contribution >= 0.6 is 19.9 Å². The van der Waals surface area contributed by atoms with Crippen LogP contribution in [0.25, 0.3) is 0 Å². The predicted molar refractivity (Wildman–Crippen MR) is 84.8 cm³/mol. The summed E-state index contributed by atoms with van der Waals surface area (Å²) in [4.78, 5) is 46.2. The summed E-state index contributed by atoms with van der Waals surface area (Å²) in [5.41, 5.74) is 0. The van der Waals surface area contributed by atoms with E-state index in [-0.39, 0.29) is 6.42 Å². The van der Waals surface area contributed by atoms with Crippen molar-refractivity contribution in [2.45, 2.75) is 24.7 Å². The van der Waals surface area contributed by atoms with Gasteiger partial charge in [-0.3, -0.25) is 0 Å². The molecule has 0 unspecified atom stereocenters. The quantitative estimate of drug-likeness (QED) is 0.307. The summed E-state index contributed by atoms with van der Waals surface area (Å²) in [6, 6.07) is 9.62. The SMILES string of the molecule is CC(=O)O[PH]1(OC(=O)CCCSc2ccccc2)OC(=O)C(=O)O1. The monoisotopic (exact) mass is 374 g/mol. The van der Waals surface area contributed by atoms with Crippen LogP contribution in [0.4, 0.5) is 0 Å². The fourth-order valence-electron chi connectivity index (χ4n) is 1.73. The Morgan fingerprint density at radius 3 is 2.29 bits per heavy atom. The molecule has 24 heavy (non-hydrogen) atoms. The maximum absolute atomic E-state index is 11.8. The van der Waals surface area contributed by atoms with Gasteiger partial charge in [0.2, 0.25) is 0 Å². The molecule has 1 saturated heterocycles. The van der Waals surface area contributed by atoms with Crippen LogP contribution in [0.15, 0.2) is 35.2 Å². The first-order valence-corrected chi connectivity index (χ1v) is 9.58. The van der Waals surface area contributed by atoms with Gasteiger partial charge in [-0.25, -0.2) is 0 Å². The predicted octanol–water partition coefficient (Wildman–Crippen LogP) is 2.18. The Bertz CT molecular complexity index is 631. The zero-order chi connectivity index (χ0) is 17.6. The molecule has 2 rings (SSSR count). The molecule has 1 heterocycles. The molecule has 1 aromatic carbocycles. The molecule has 0 N–H and O–H groups in total. The van der Waals surface area contributed by atoms with Crippen molar-refractivity contribution in [1.29, 1.82) is 0 Å². The van der Waals surface area contributed by atoms with E-state index >= 15 is 0 Å². The van der Waals surface area contributed by atoms with Crippen LogP contribution < -0.4 is 0 Å². The molecule has 1 aromatic rings. The van der Waals surface area contributed by atoms with Gasteiger partial charge < -0.3 is 0 Å². The van der Waals surface area contributed by atoms with Crippen LogP contribution in [0.3, 0.4) is 0 Å². The third-order valence-corrected chi connectivity index (χ3v) is 5.63. The van der Waals surface area contributed by atoms with E-state index in [0.717, 1.165) is 11.8 Å².